The van der Waals surface area contributed by atoms with E-state index in [4.69, 9.17) is 9.47 Å². The van der Waals surface area contributed by atoms with E-state index in [9.17, 15) is 4.79 Å². The normalized spacial score (nSPS) is 11.9. The molecule has 112 valence electrons. The third-order valence-corrected chi connectivity index (χ3v) is 3.06. The molecule has 1 aromatic carbocycles. The van der Waals surface area contributed by atoms with Gasteiger partial charge in [0.25, 0.3) is 0 Å². The standard InChI is InChI=1S/C15H24N2O3/c1-4-14(12-5-7-13(20-3)8-6-12)17-11-15(18)16-9-10-19-2/h5-8,14,17H,4,9-11H2,1-3H3,(H,16,18). The SMILES string of the molecule is CCC(NCC(=O)NCCOC)c1ccc(OC)cc1. The van der Waals surface area contributed by atoms with Gasteiger partial charge >= 0.3 is 0 Å². The van der Waals surface area contributed by atoms with E-state index in [1.54, 1.807) is 14.2 Å². The molecule has 1 atom stereocenters. The average Bonchev–Trinajstić information content (AvgIpc) is 2.49. The third-order valence-electron chi connectivity index (χ3n) is 3.06. The fourth-order valence-corrected chi connectivity index (χ4v) is 1.91. The number of carbonyl (C=O) groups is 1. The molecule has 1 amide bonds. The van der Waals surface area contributed by atoms with Crippen LogP contribution in [-0.2, 0) is 9.53 Å². The van der Waals surface area contributed by atoms with E-state index in [0.29, 0.717) is 19.7 Å². The summed E-state index contributed by atoms with van der Waals surface area (Å²) in [5.74, 6) is 0.815. The second kappa shape index (κ2) is 9.34. The molecule has 20 heavy (non-hydrogen) atoms. The van der Waals surface area contributed by atoms with Crippen LogP contribution in [0.4, 0.5) is 0 Å². The van der Waals surface area contributed by atoms with Crippen LogP contribution in [0, 0.1) is 0 Å². The molecule has 1 rings (SSSR count). The van der Waals surface area contributed by atoms with Crippen molar-refractivity contribution in [2.75, 3.05) is 33.9 Å². The number of benzene rings is 1. The second-order valence-electron chi connectivity index (χ2n) is 4.46. The minimum atomic E-state index is -0.0194. The van der Waals surface area contributed by atoms with Gasteiger partial charge in [-0.05, 0) is 24.1 Å². The second-order valence-corrected chi connectivity index (χ2v) is 4.46. The molecular weight excluding hydrogens is 256 g/mol. The summed E-state index contributed by atoms with van der Waals surface area (Å²) in [4.78, 5) is 11.6. The summed E-state index contributed by atoms with van der Waals surface area (Å²) in [6.45, 7) is 3.46. The van der Waals surface area contributed by atoms with Crippen molar-refractivity contribution in [2.45, 2.75) is 19.4 Å². The molecule has 5 heteroatoms. The summed E-state index contributed by atoms with van der Waals surface area (Å²) in [5.41, 5.74) is 1.15. The Morgan fingerprint density at radius 2 is 1.95 bits per heavy atom. The lowest BCUT2D eigenvalue weighted by molar-refractivity contribution is -0.120. The van der Waals surface area contributed by atoms with Crippen LogP contribution in [-0.4, -0.2) is 39.8 Å². The zero-order valence-electron chi connectivity index (χ0n) is 12.4. The molecule has 0 spiro atoms. The Bertz CT molecular complexity index is 393. The first-order valence-corrected chi connectivity index (χ1v) is 6.84. The average molecular weight is 280 g/mol. The molecule has 0 aromatic heterocycles. The molecule has 0 radical (unpaired) electrons. The largest absolute Gasteiger partial charge is 0.497 e. The topological polar surface area (TPSA) is 59.6 Å². The van der Waals surface area contributed by atoms with Gasteiger partial charge in [-0.3, -0.25) is 4.79 Å². The highest BCUT2D eigenvalue weighted by Gasteiger charge is 2.10. The Labute approximate surface area is 120 Å². The smallest absolute Gasteiger partial charge is 0.234 e. The number of hydrogen-bond acceptors (Lipinski definition) is 4. The minimum Gasteiger partial charge on any atom is -0.497 e. The van der Waals surface area contributed by atoms with Gasteiger partial charge in [-0.2, -0.15) is 0 Å². The Kier molecular flexibility index (Phi) is 7.69. The van der Waals surface area contributed by atoms with E-state index in [1.165, 1.54) is 0 Å². The number of ether oxygens (including phenoxy) is 2. The number of methoxy groups -OCH3 is 2. The van der Waals surface area contributed by atoms with Gasteiger partial charge < -0.3 is 20.1 Å². The molecule has 0 aliphatic rings. The number of carbonyl (C=O) groups excluding carboxylic acids is 1. The molecular formula is C15H24N2O3. The minimum absolute atomic E-state index is 0.0194. The highest BCUT2D eigenvalue weighted by molar-refractivity contribution is 5.78. The summed E-state index contributed by atoms with van der Waals surface area (Å²) in [5, 5.41) is 6.04. The summed E-state index contributed by atoms with van der Waals surface area (Å²) in [7, 11) is 3.26. The lowest BCUT2D eigenvalue weighted by Gasteiger charge is -2.17. The Hall–Kier alpha value is -1.59. The predicted molar refractivity (Wildman–Crippen MR) is 78.9 cm³/mol. The van der Waals surface area contributed by atoms with Crippen LogP contribution in [0.25, 0.3) is 0 Å². The van der Waals surface area contributed by atoms with Crippen LogP contribution in [0.15, 0.2) is 24.3 Å². The summed E-state index contributed by atoms with van der Waals surface area (Å²) < 4.78 is 10.0. The fraction of sp³-hybridized carbons (Fsp3) is 0.533. The highest BCUT2D eigenvalue weighted by Crippen LogP contribution is 2.19. The number of hydrogen-bond donors (Lipinski definition) is 2. The Balaban J connectivity index is 2.43. The molecule has 1 unspecified atom stereocenters. The van der Waals surface area contributed by atoms with Crippen molar-refractivity contribution in [3.8, 4) is 5.75 Å². The van der Waals surface area contributed by atoms with Crippen molar-refractivity contribution in [1.82, 2.24) is 10.6 Å². The van der Waals surface area contributed by atoms with Crippen molar-refractivity contribution in [2.24, 2.45) is 0 Å². The van der Waals surface area contributed by atoms with Crippen LogP contribution >= 0.6 is 0 Å². The van der Waals surface area contributed by atoms with E-state index >= 15 is 0 Å². The lowest BCUT2D eigenvalue weighted by atomic mass is 10.0. The zero-order valence-corrected chi connectivity index (χ0v) is 12.4. The number of amides is 1. The first kappa shape index (κ1) is 16.5. The molecule has 0 heterocycles. The predicted octanol–water partition coefficient (Wildman–Crippen LogP) is 1.50. The first-order chi connectivity index (χ1) is 9.71. The maximum Gasteiger partial charge on any atom is 0.234 e. The number of rotatable bonds is 9. The van der Waals surface area contributed by atoms with Gasteiger partial charge in [-0.25, -0.2) is 0 Å². The van der Waals surface area contributed by atoms with E-state index < -0.39 is 0 Å². The molecule has 0 saturated heterocycles. The zero-order chi connectivity index (χ0) is 14.8. The Morgan fingerprint density at radius 3 is 2.50 bits per heavy atom. The summed E-state index contributed by atoms with van der Waals surface area (Å²) >= 11 is 0. The molecule has 0 aliphatic carbocycles. The summed E-state index contributed by atoms with van der Waals surface area (Å²) in [6, 6.07) is 8.05. The van der Waals surface area contributed by atoms with E-state index in [-0.39, 0.29) is 11.9 Å². The molecule has 0 fully saturated rings. The molecule has 0 aliphatic heterocycles. The van der Waals surface area contributed by atoms with Crippen LogP contribution in [0.1, 0.15) is 24.9 Å². The Morgan fingerprint density at radius 1 is 1.25 bits per heavy atom. The van der Waals surface area contributed by atoms with Gasteiger partial charge in [0.05, 0.1) is 20.3 Å². The van der Waals surface area contributed by atoms with Crippen LogP contribution in [0.3, 0.4) is 0 Å². The fourth-order valence-electron chi connectivity index (χ4n) is 1.91. The third kappa shape index (κ3) is 5.59. The summed E-state index contributed by atoms with van der Waals surface area (Å²) in [6.07, 6.45) is 0.914. The van der Waals surface area contributed by atoms with Crippen molar-refractivity contribution in [3.05, 3.63) is 29.8 Å². The molecule has 2 N–H and O–H groups in total. The molecule has 5 nitrogen and oxygen atoms in total. The van der Waals surface area contributed by atoms with Crippen molar-refractivity contribution in [1.29, 1.82) is 0 Å². The van der Waals surface area contributed by atoms with Crippen LogP contribution in [0.2, 0.25) is 0 Å². The van der Waals surface area contributed by atoms with Gasteiger partial charge in [-0.15, -0.1) is 0 Å². The number of nitrogens with one attached hydrogen (secondary N) is 2. The molecule has 1 aromatic rings. The lowest BCUT2D eigenvalue weighted by Crippen LogP contribution is -2.37. The first-order valence-electron chi connectivity index (χ1n) is 6.84. The maximum atomic E-state index is 11.6. The van der Waals surface area contributed by atoms with Gasteiger partial charge in [0.1, 0.15) is 5.75 Å². The highest BCUT2D eigenvalue weighted by atomic mass is 16.5. The monoisotopic (exact) mass is 280 g/mol. The van der Waals surface area contributed by atoms with Crippen LogP contribution in [0.5, 0.6) is 5.75 Å². The quantitative estimate of drug-likeness (QED) is 0.673. The van der Waals surface area contributed by atoms with Gasteiger partial charge in [0.2, 0.25) is 5.91 Å². The van der Waals surface area contributed by atoms with E-state index in [1.807, 2.05) is 24.3 Å². The van der Waals surface area contributed by atoms with Crippen molar-refractivity contribution in [3.63, 3.8) is 0 Å². The van der Waals surface area contributed by atoms with Gasteiger partial charge in [0.15, 0.2) is 0 Å². The van der Waals surface area contributed by atoms with E-state index in [2.05, 4.69) is 17.6 Å². The van der Waals surface area contributed by atoms with Crippen molar-refractivity contribution < 1.29 is 14.3 Å². The van der Waals surface area contributed by atoms with E-state index in [0.717, 1.165) is 17.7 Å². The van der Waals surface area contributed by atoms with Crippen molar-refractivity contribution >= 4 is 5.91 Å². The van der Waals surface area contributed by atoms with Gasteiger partial charge in [0, 0.05) is 19.7 Å². The molecule has 0 bridgehead atoms. The van der Waals surface area contributed by atoms with Crippen LogP contribution < -0.4 is 15.4 Å². The van der Waals surface area contributed by atoms with Gasteiger partial charge in [-0.1, -0.05) is 19.1 Å². The molecule has 0 saturated carbocycles. The maximum absolute atomic E-state index is 11.6.